The van der Waals surface area contributed by atoms with Gasteiger partial charge in [0.2, 0.25) is 5.76 Å². The zero-order valence-corrected chi connectivity index (χ0v) is 18.0. The van der Waals surface area contributed by atoms with Gasteiger partial charge in [-0.25, -0.2) is 0 Å². The molecule has 0 saturated carbocycles. The van der Waals surface area contributed by atoms with Crippen LogP contribution in [0.3, 0.4) is 0 Å². The molecule has 2 aliphatic rings. The van der Waals surface area contributed by atoms with E-state index in [2.05, 4.69) is 15.9 Å². The molecule has 30 heavy (non-hydrogen) atoms. The molecule has 154 valence electrons. The number of carbonyl (C=O) groups is 1. The van der Waals surface area contributed by atoms with Crippen molar-refractivity contribution in [2.75, 3.05) is 20.3 Å². The highest BCUT2D eigenvalue weighted by Crippen LogP contribution is 2.39. The summed E-state index contributed by atoms with van der Waals surface area (Å²) in [7, 11) is 1.60. The van der Waals surface area contributed by atoms with Crippen LogP contribution in [0.1, 0.15) is 40.6 Å². The summed E-state index contributed by atoms with van der Waals surface area (Å²) in [6.07, 6.45) is 1.83. The van der Waals surface area contributed by atoms with Crippen molar-refractivity contribution in [1.29, 1.82) is 0 Å². The van der Waals surface area contributed by atoms with Gasteiger partial charge in [-0.15, -0.1) is 0 Å². The first-order valence-electron chi connectivity index (χ1n) is 9.89. The molecule has 1 aromatic heterocycles. The molecule has 0 spiro atoms. The second kappa shape index (κ2) is 7.56. The van der Waals surface area contributed by atoms with Crippen LogP contribution in [0, 0.1) is 0 Å². The average Bonchev–Trinajstić information content (AvgIpc) is 3.37. The Morgan fingerprint density at radius 1 is 1.17 bits per heavy atom. The quantitative estimate of drug-likeness (QED) is 0.569. The highest BCUT2D eigenvalue weighted by Gasteiger charge is 2.43. The number of halogens is 1. The van der Waals surface area contributed by atoms with Gasteiger partial charge in [0.15, 0.2) is 5.43 Å². The topological polar surface area (TPSA) is 69.0 Å². The highest BCUT2D eigenvalue weighted by atomic mass is 79.9. The van der Waals surface area contributed by atoms with Crippen LogP contribution in [0.15, 0.2) is 56.1 Å². The molecule has 5 rings (SSSR count). The zero-order valence-electron chi connectivity index (χ0n) is 16.4. The van der Waals surface area contributed by atoms with Crippen LogP contribution in [0.2, 0.25) is 0 Å². The van der Waals surface area contributed by atoms with Crippen molar-refractivity contribution in [1.82, 2.24) is 4.90 Å². The zero-order chi connectivity index (χ0) is 20.8. The standard InChI is InChI=1S/C23H20BrNO5/c1-28-15-7-4-13(5-8-15)20-19-21(26)17-11-14(24)6-9-18(17)30-22(19)23(27)25(20)12-16-3-2-10-29-16/h4-9,11,16,20H,2-3,10,12H2,1H3/t16-,20-/m0/s1. The van der Waals surface area contributed by atoms with Gasteiger partial charge in [-0.1, -0.05) is 28.1 Å². The first kappa shape index (κ1) is 19.3. The molecule has 2 aromatic carbocycles. The van der Waals surface area contributed by atoms with Gasteiger partial charge in [0, 0.05) is 17.6 Å². The van der Waals surface area contributed by atoms with Crippen LogP contribution in [0.5, 0.6) is 5.75 Å². The lowest BCUT2D eigenvalue weighted by molar-refractivity contribution is 0.0486. The molecule has 1 amide bonds. The molecule has 3 aromatic rings. The minimum absolute atomic E-state index is 0.0392. The van der Waals surface area contributed by atoms with Crippen molar-refractivity contribution < 1.29 is 18.7 Å². The molecule has 0 aliphatic carbocycles. The molecule has 0 bridgehead atoms. The summed E-state index contributed by atoms with van der Waals surface area (Å²) < 4.78 is 17.8. The fourth-order valence-corrected chi connectivity index (χ4v) is 4.68. The molecular formula is C23H20BrNO5. The van der Waals surface area contributed by atoms with E-state index in [1.807, 2.05) is 24.3 Å². The van der Waals surface area contributed by atoms with Crippen molar-refractivity contribution in [3.63, 3.8) is 0 Å². The maximum atomic E-state index is 13.5. The van der Waals surface area contributed by atoms with Crippen molar-refractivity contribution in [3.05, 3.63) is 74.0 Å². The summed E-state index contributed by atoms with van der Waals surface area (Å²) in [5.74, 6) is 0.556. The lowest BCUT2D eigenvalue weighted by Crippen LogP contribution is -2.36. The predicted octanol–water partition coefficient (Wildman–Crippen LogP) is 4.29. The number of fused-ring (bicyclic) bond motifs is 2. The van der Waals surface area contributed by atoms with E-state index < -0.39 is 6.04 Å². The van der Waals surface area contributed by atoms with Crippen LogP contribution in [0.4, 0.5) is 0 Å². The predicted molar refractivity (Wildman–Crippen MR) is 115 cm³/mol. The van der Waals surface area contributed by atoms with E-state index in [-0.39, 0.29) is 23.2 Å². The third-order valence-electron chi connectivity index (χ3n) is 5.78. The molecule has 3 heterocycles. The van der Waals surface area contributed by atoms with Crippen molar-refractivity contribution >= 4 is 32.8 Å². The minimum atomic E-state index is -0.526. The van der Waals surface area contributed by atoms with Crippen LogP contribution in [-0.2, 0) is 4.74 Å². The van der Waals surface area contributed by atoms with Crippen molar-refractivity contribution in [2.45, 2.75) is 25.0 Å². The largest absolute Gasteiger partial charge is 0.497 e. The normalized spacial score (nSPS) is 20.7. The van der Waals surface area contributed by atoms with Crippen LogP contribution < -0.4 is 10.2 Å². The number of methoxy groups -OCH3 is 1. The first-order valence-corrected chi connectivity index (χ1v) is 10.7. The SMILES string of the molecule is COc1ccc([C@H]2c3c(oc4ccc(Br)cc4c3=O)C(=O)N2C[C@@H]2CCCO2)cc1. The molecular weight excluding hydrogens is 450 g/mol. The van der Waals surface area contributed by atoms with Gasteiger partial charge in [-0.3, -0.25) is 9.59 Å². The summed E-state index contributed by atoms with van der Waals surface area (Å²) in [4.78, 5) is 28.6. The summed E-state index contributed by atoms with van der Waals surface area (Å²) in [6, 6.07) is 12.2. The summed E-state index contributed by atoms with van der Waals surface area (Å²) in [6.45, 7) is 1.11. The molecule has 0 unspecified atom stereocenters. The molecule has 6 nitrogen and oxygen atoms in total. The molecule has 0 N–H and O–H groups in total. The van der Waals surface area contributed by atoms with E-state index in [1.165, 1.54) is 0 Å². The van der Waals surface area contributed by atoms with Gasteiger partial charge in [-0.05, 0) is 48.7 Å². The van der Waals surface area contributed by atoms with Gasteiger partial charge in [0.05, 0.1) is 30.2 Å². The van der Waals surface area contributed by atoms with Crippen LogP contribution >= 0.6 is 15.9 Å². The van der Waals surface area contributed by atoms with E-state index in [9.17, 15) is 9.59 Å². The lowest BCUT2D eigenvalue weighted by Gasteiger charge is -2.27. The third kappa shape index (κ3) is 3.13. The van der Waals surface area contributed by atoms with Gasteiger partial charge in [0.1, 0.15) is 11.3 Å². The Morgan fingerprint density at radius 2 is 1.97 bits per heavy atom. The number of nitrogens with zero attached hydrogens (tertiary/aromatic N) is 1. The second-order valence-corrected chi connectivity index (χ2v) is 8.50. The first-order chi connectivity index (χ1) is 14.6. The Labute approximate surface area is 181 Å². The Bertz CT molecular complexity index is 1180. The number of hydrogen-bond acceptors (Lipinski definition) is 5. The second-order valence-electron chi connectivity index (χ2n) is 7.58. The number of amides is 1. The third-order valence-corrected chi connectivity index (χ3v) is 6.28. The Hall–Kier alpha value is -2.64. The van der Waals surface area contributed by atoms with Gasteiger partial charge in [0.25, 0.3) is 5.91 Å². The van der Waals surface area contributed by atoms with Crippen molar-refractivity contribution in [3.8, 4) is 5.75 Å². The Balaban J connectivity index is 1.69. The van der Waals surface area contributed by atoms with Gasteiger partial charge < -0.3 is 18.8 Å². The fraction of sp³-hybridized carbons (Fsp3) is 0.304. The van der Waals surface area contributed by atoms with E-state index in [4.69, 9.17) is 13.9 Å². The molecule has 1 saturated heterocycles. The van der Waals surface area contributed by atoms with E-state index in [0.717, 1.165) is 22.9 Å². The Kier molecular flexibility index (Phi) is 4.87. The van der Waals surface area contributed by atoms with Gasteiger partial charge in [-0.2, -0.15) is 0 Å². The van der Waals surface area contributed by atoms with Crippen LogP contribution in [-0.4, -0.2) is 37.2 Å². The summed E-state index contributed by atoms with van der Waals surface area (Å²) in [5, 5.41) is 0.452. The lowest BCUT2D eigenvalue weighted by atomic mass is 9.98. The maximum Gasteiger partial charge on any atom is 0.291 e. The van der Waals surface area contributed by atoms with Crippen LogP contribution in [0.25, 0.3) is 11.0 Å². The number of ether oxygens (including phenoxy) is 2. The smallest absolute Gasteiger partial charge is 0.291 e. The van der Waals surface area contributed by atoms with E-state index >= 15 is 0 Å². The van der Waals surface area contributed by atoms with Crippen molar-refractivity contribution in [2.24, 2.45) is 0 Å². The highest BCUT2D eigenvalue weighted by molar-refractivity contribution is 9.10. The fourth-order valence-electron chi connectivity index (χ4n) is 4.32. The van der Waals surface area contributed by atoms with E-state index in [0.29, 0.717) is 35.4 Å². The summed E-state index contributed by atoms with van der Waals surface area (Å²) in [5.41, 5.74) is 1.44. The van der Waals surface area contributed by atoms with E-state index in [1.54, 1.807) is 30.2 Å². The monoisotopic (exact) mass is 469 g/mol. The molecule has 2 atom stereocenters. The minimum Gasteiger partial charge on any atom is -0.497 e. The maximum absolute atomic E-state index is 13.5. The number of rotatable bonds is 4. The molecule has 1 fully saturated rings. The molecule has 0 radical (unpaired) electrons. The number of benzene rings is 2. The number of hydrogen-bond donors (Lipinski definition) is 0. The Morgan fingerprint density at radius 3 is 2.67 bits per heavy atom. The number of carbonyl (C=O) groups excluding carboxylic acids is 1. The molecule has 2 aliphatic heterocycles. The van der Waals surface area contributed by atoms with Gasteiger partial charge >= 0.3 is 0 Å². The summed E-state index contributed by atoms with van der Waals surface area (Å²) >= 11 is 3.42. The molecule has 7 heteroatoms. The average molecular weight is 470 g/mol.